The molecule has 1 aromatic heterocycles. The zero-order valence-electron chi connectivity index (χ0n) is 15.5. The summed E-state index contributed by atoms with van der Waals surface area (Å²) < 4.78 is 30.4. The Morgan fingerprint density at radius 3 is 2.93 bits per heavy atom. The molecular weight excluding hydrogens is 376 g/mol. The van der Waals surface area contributed by atoms with Crippen LogP contribution in [0.3, 0.4) is 0 Å². The Kier molecular flexibility index (Phi) is 5.33. The first-order chi connectivity index (χ1) is 14.1. The lowest BCUT2D eigenvalue weighted by Gasteiger charge is -2.08. The van der Waals surface area contributed by atoms with E-state index < -0.39 is 17.6 Å². The Morgan fingerprint density at radius 1 is 1.24 bits per heavy atom. The molecule has 1 atom stereocenters. The van der Waals surface area contributed by atoms with Gasteiger partial charge >= 0.3 is 0 Å². The van der Waals surface area contributed by atoms with Crippen molar-refractivity contribution >= 4 is 29.2 Å². The van der Waals surface area contributed by atoms with Crippen LogP contribution < -0.4 is 10.6 Å². The van der Waals surface area contributed by atoms with Crippen LogP contribution in [0.15, 0.2) is 60.1 Å². The molecular formula is C21H19F2N5O. The number of hydrogen-bond donors (Lipinski definition) is 2. The van der Waals surface area contributed by atoms with Crippen molar-refractivity contribution in [1.82, 2.24) is 9.55 Å². The second-order valence-electron chi connectivity index (χ2n) is 6.69. The van der Waals surface area contributed by atoms with Crippen molar-refractivity contribution in [2.75, 3.05) is 17.2 Å². The van der Waals surface area contributed by atoms with Crippen LogP contribution in [0, 0.1) is 11.6 Å². The van der Waals surface area contributed by atoms with Crippen LogP contribution in [-0.2, 0) is 11.3 Å². The standard InChI is InChI=1S/C21H19F2N5O/c22-16-3-1-4-19-20(16)15(21(29)27-19)12-26-14-5-6-18(17(23)11-14)25-7-2-9-28-10-8-24-13-28/h1,3-6,8,10-13,15,25H,2,7,9H2,(H,27,29). The maximum absolute atomic E-state index is 14.3. The fraction of sp³-hybridized carbons (Fsp3) is 0.190. The van der Waals surface area contributed by atoms with E-state index in [-0.39, 0.29) is 11.5 Å². The largest absolute Gasteiger partial charge is 0.383 e. The van der Waals surface area contributed by atoms with E-state index in [1.54, 1.807) is 30.7 Å². The van der Waals surface area contributed by atoms with Gasteiger partial charge in [-0.3, -0.25) is 9.79 Å². The molecule has 1 amide bonds. The van der Waals surface area contributed by atoms with Gasteiger partial charge in [0.15, 0.2) is 0 Å². The number of aryl methyl sites for hydroxylation is 1. The molecule has 0 aliphatic carbocycles. The smallest absolute Gasteiger partial charge is 0.237 e. The minimum absolute atomic E-state index is 0.262. The molecule has 0 saturated heterocycles. The van der Waals surface area contributed by atoms with E-state index in [9.17, 15) is 13.6 Å². The molecule has 6 nitrogen and oxygen atoms in total. The quantitative estimate of drug-likeness (QED) is 0.467. The van der Waals surface area contributed by atoms with Crippen molar-refractivity contribution in [3.05, 3.63) is 72.3 Å². The number of fused-ring (bicyclic) bond motifs is 1. The molecule has 4 rings (SSSR count). The number of carbonyl (C=O) groups excluding carboxylic acids is 1. The predicted octanol–water partition coefficient (Wildman–Crippen LogP) is 4.10. The first kappa shape index (κ1) is 18.8. The molecule has 29 heavy (non-hydrogen) atoms. The number of carbonyl (C=O) groups is 1. The number of nitrogens with zero attached hydrogens (tertiary/aromatic N) is 3. The minimum Gasteiger partial charge on any atom is -0.383 e. The van der Waals surface area contributed by atoms with Crippen molar-refractivity contribution < 1.29 is 13.6 Å². The number of amides is 1. The second kappa shape index (κ2) is 8.22. The highest BCUT2D eigenvalue weighted by Crippen LogP contribution is 2.34. The summed E-state index contributed by atoms with van der Waals surface area (Å²) in [5.41, 5.74) is 1.43. The van der Waals surface area contributed by atoms with Crippen LogP contribution in [0.4, 0.5) is 25.8 Å². The third-order valence-electron chi connectivity index (χ3n) is 4.70. The lowest BCUT2D eigenvalue weighted by Crippen LogP contribution is -2.13. The third kappa shape index (κ3) is 4.16. The Bertz CT molecular complexity index is 1050. The first-order valence-electron chi connectivity index (χ1n) is 9.24. The molecule has 0 bridgehead atoms. The Morgan fingerprint density at radius 2 is 2.14 bits per heavy atom. The van der Waals surface area contributed by atoms with Crippen molar-refractivity contribution in [3.8, 4) is 0 Å². The van der Waals surface area contributed by atoms with Gasteiger partial charge in [0.25, 0.3) is 0 Å². The summed E-state index contributed by atoms with van der Waals surface area (Å²) in [5, 5.41) is 5.68. The molecule has 0 radical (unpaired) electrons. The molecule has 1 unspecified atom stereocenters. The lowest BCUT2D eigenvalue weighted by molar-refractivity contribution is -0.115. The highest BCUT2D eigenvalue weighted by atomic mass is 19.1. The Labute approximate surface area is 166 Å². The van der Waals surface area contributed by atoms with Gasteiger partial charge < -0.3 is 15.2 Å². The Balaban J connectivity index is 1.39. The molecule has 3 aromatic rings. The van der Waals surface area contributed by atoms with Crippen LogP contribution in [0.2, 0.25) is 0 Å². The van der Waals surface area contributed by atoms with Gasteiger partial charge in [0, 0.05) is 49.0 Å². The Hall–Kier alpha value is -3.55. The molecule has 8 heteroatoms. The molecule has 1 aliphatic rings. The zero-order valence-corrected chi connectivity index (χ0v) is 15.5. The SMILES string of the molecule is O=C1Nc2cccc(F)c2C1C=Nc1ccc(NCCCn2ccnc2)c(F)c1. The number of anilines is 2. The van der Waals surface area contributed by atoms with Crippen LogP contribution in [0.5, 0.6) is 0 Å². The van der Waals surface area contributed by atoms with Gasteiger partial charge in [0.2, 0.25) is 5.91 Å². The highest BCUT2D eigenvalue weighted by Gasteiger charge is 2.31. The minimum atomic E-state index is -0.838. The second-order valence-corrected chi connectivity index (χ2v) is 6.69. The fourth-order valence-corrected chi connectivity index (χ4v) is 3.24. The number of aromatic nitrogens is 2. The van der Waals surface area contributed by atoms with E-state index >= 15 is 0 Å². The maximum Gasteiger partial charge on any atom is 0.237 e. The molecule has 2 aromatic carbocycles. The average molecular weight is 395 g/mol. The summed E-state index contributed by atoms with van der Waals surface area (Å²) in [6, 6.07) is 8.99. The number of halogens is 2. The van der Waals surface area contributed by atoms with Gasteiger partial charge in [-0.2, -0.15) is 0 Å². The lowest BCUT2D eigenvalue weighted by atomic mass is 10.0. The normalized spacial score (nSPS) is 15.5. The van der Waals surface area contributed by atoms with Crippen LogP contribution >= 0.6 is 0 Å². The first-order valence-corrected chi connectivity index (χ1v) is 9.24. The number of imidazole rings is 1. The van der Waals surface area contributed by atoms with Crippen LogP contribution in [0.25, 0.3) is 0 Å². The van der Waals surface area contributed by atoms with E-state index in [0.29, 0.717) is 23.6 Å². The van der Waals surface area contributed by atoms with E-state index in [2.05, 4.69) is 20.6 Å². The van der Waals surface area contributed by atoms with E-state index in [1.807, 2.05) is 10.8 Å². The predicted molar refractivity (Wildman–Crippen MR) is 108 cm³/mol. The summed E-state index contributed by atoms with van der Waals surface area (Å²) in [6.45, 7) is 1.40. The number of nitrogens with one attached hydrogen (secondary N) is 2. The zero-order chi connectivity index (χ0) is 20.2. The number of hydrogen-bond acceptors (Lipinski definition) is 4. The topological polar surface area (TPSA) is 71.3 Å². The van der Waals surface area contributed by atoms with E-state index in [0.717, 1.165) is 13.0 Å². The summed E-state index contributed by atoms with van der Waals surface area (Å²) >= 11 is 0. The van der Waals surface area contributed by atoms with Crippen molar-refractivity contribution in [2.24, 2.45) is 4.99 Å². The van der Waals surface area contributed by atoms with E-state index in [4.69, 9.17) is 0 Å². The summed E-state index contributed by atoms with van der Waals surface area (Å²) in [6.07, 6.45) is 7.49. The van der Waals surface area contributed by atoms with Gasteiger partial charge in [-0.05, 0) is 30.7 Å². The van der Waals surface area contributed by atoms with Crippen molar-refractivity contribution in [3.63, 3.8) is 0 Å². The molecule has 2 heterocycles. The monoisotopic (exact) mass is 395 g/mol. The molecule has 0 fully saturated rings. The van der Waals surface area contributed by atoms with Crippen molar-refractivity contribution in [1.29, 1.82) is 0 Å². The summed E-state index contributed by atoms with van der Waals surface area (Å²) in [4.78, 5) is 20.3. The van der Waals surface area contributed by atoms with Crippen molar-refractivity contribution in [2.45, 2.75) is 18.9 Å². The molecule has 2 N–H and O–H groups in total. The van der Waals surface area contributed by atoms with Gasteiger partial charge in [0.1, 0.15) is 17.6 Å². The molecule has 1 aliphatic heterocycles. The highest BCUT2D eigenvalue weighted by molar-refractivity contribution is 6.12. The van der Waals surface area contributed by atoms with Gasteiger partial charge in [-0.25, -0.2) is 13.8 Å². The number of aliphatic imine (C=N–C) groups is 1. The van der Waals surface area contributed by atoms with Gasteiger partial charge in [-0.1, -0.05) is 6.07 Å². The average Bonchev–Trinajstić information content (AvgIpc) is 3.33. The third-order valence-corrected chi connectivity index (χ3v) is 4.70. The summed E-state index contributed by atoms with van der Waals surface area (Å²) in [5.74, 6) is -2.11. The number of benzene rings is 2. The molecule has 148 valence electrons. The van der Waals surface area contributed by atoms with Gasteiger partial charge in [0.05, 0.1) is 17.7 Å². The maximum atomic E-state index is 14.3. The van der Waals surface area contributed by atoms with Crippen LogP contribution in [0.1, 0.15) is 17.9 Å². The molecule has 0 spiro atoms. The summed E-state index contributed by atoms with van der Waals surface area (Å²) in [7, 11) is 0. The number of rotatable bonds is 7. The fourth-order valence-electron chi connectivity index (χ4n) is 3.24. The van der Waals surface area contributed by atoms with Crippen LogP contribution in [-0.4, -0.2) is 28.2 Å². The van der Waals surface area contributed by atoms with E-state index in [1.165, 1.54) is 24.4 Å². The van der Waals surface area contributed by atoms with Gasteiger partial charge in [-0.15, -0.1) is 0 Å². The molecule has 0 saturated carbocycles.